The molecule has 0 saturated carbocycles. The van der Waals surface area contributed by atoms with Gasteiger partial charge >= 0.3 is 0 Å². The molecule has 2 atom stereocenters. The maximum Gasteiger partial charge on any atom is 0.237 e. The minimum absolute atomic E-state index is 0.00116. The normalized spacial score (nSPS) is 20.2. The van der Waals surface area contributed by atoms with Crippen molar-refractivity contribution in [3.8, 4) is 0 Å². The Labute approximate surface area is 157 Å². The number of furan rings is 1. The van der Waals surface area contributed by atoms with Crippen LogP contribution in [0.25, 0.3) is 0 Å². The molecule has 2 N–H and O–H groups in total. The van der Waals surface area contributed by atoms with Gasteiger partial charge in [0.2, 0.25) is 11.8 Å². The number of thiophene rings is 1. The van der Waals surface area contributed by atoms with Gasteiger partial charge in [0.05, 0.1) is 19.0 Å². The summed E-state index contributed by atoms with van der Waals surface area (Å²) in [5.74, 6) is 1.69. The van der Waals surface area contributed by atoms with E-state index < -0.39 is 0 Å². The fourth-order valence-corrected chi connectivity index (χ4v) is 4.04. The van der Waals surface area contributed by atoms with Crippen LogP contribution in [-0.2, 0) is 22.6 Å². The quantitative estimate of drug-likeness (QED) is 0.777. The molecule has 0 spiro atoms. The lowest BCUT2D eigenvalue weighted by atomic mass is 10.1. The summed E-state index contributed by atoms with van der Waals surface area (Å²) >= 11 is 1.59. The minimum atomic E-state index is -0.258. The zero-order valence-electron chi connectivity index (χ0n) is 15.2. The van der Waals surface area contributed by atoms with Crippen LogP contribution in [0.4, 0.5) is 0 Å². The maximum atomic E-state index is 12.4. The monoisotopic (exact) mass is 375 g/mol. The molecule has 7 heteroatoms. The van der Waals surface area contributed by atoms with Crippen LogP contribution in [0.15, 0.2) is 33.4 Å². The second kappa shape index (κ2) is 8.51. The third-order valence-electron chi connectivity index (χ3n) is 4.52. The first-order chi connectivity index (χ1) is 12.5. The van der Waals surface area contributed by atoms with Crippen LogP contribution in [0.3, 0.4) is 0 Å². The van der Waals surface area contributed by atoms with Gasteiger partial charge in [0.25, 0.3) is 0 Å². The average molecular weight is 375 g/mol. The van der Waals surface area contributed by atoms with Crippen molar-refractivity contribution in [2.75, 3.05) is 13.1 Å². The van der Waals surface area contributed by atoms with E-state index in [2.05, 4.69) is 15.5 Å². The van der Waals surface area contributed by atoms with Gasteiger partial charge in [-0.15, -0.1) is 0 Å². The van der Waals surface area contributed by atoms with Gasteiger partial charge in [-0.1, -0.05) is 0 Å². The predicted octanol–water partition coefficient (Wildman–Crippen LogP) is 2.09. The molecule has 1 aliphatic heterocycles. The summed E-state index contributed by atoms with van der Waals surface area (Å²) in [6, 6.07) is 5.53. The topological polar surface area (TPSA) is 74.6 Å². The predicted molar refractivity (Wildman–Crippen MR) is 101 cm³/mol. The molecule has 140 valence electrons. The molecule has 3 heterocycles. The highest BCUT2D eigenvalue weighted by Crippen LogP contribution is 2.22. The third-order valence-corrected chi connectivity index (χ3v) is 5.25. The molecule has 1 aliphatic rings. The Bertz CT molecular complexity index is 741. The number of carbonyl (C=O) groups is 2. The highest BCUT2D eigenvalue weighted by Gasteiger charge is 2.37. The number of aryl methyl sites for hydroxylation is 1. The first-order valence-electron chi connectivity index (χ1n) is 8.92. The van der Waals surface area contributed by atoms with E-state index in [1.807, 2.05) is 42.8 Å². The molecule has 6 nitrogen and oxygen atoms in total. The van der Waals surface area contributed by atoms with E-state index in [1.54, 1.807) is 11.3 Å². The van der Waals surface area contributed by atoms with Crippen LogP contribution in [0.5, 0.6) is 0 Å². The molecule has 0 aromatic carbocycles. The first kappa shape index (κ1) is 18.7. The molecule has 0 radical (unpaired) electrons. The molecule has 26 heavy (non-hydrogen) atoms. The lowest BCUT2D eigenvalue weighted by molar-refractivity contribution is -0.125. The van der Waals surface area contributed by atoms with Gasteiger partial charge in [0.1, 0.15) is 11.5 Å². The summed E-state index contributed by atoms with van der Waals surface area (Å²) < 4.78 is 5.66. The summed E-state index contributed by atoms with van der Waals surface area (Å²) in [7, 11) is 0. The Kier molecular flexibility index (Phi) is 6.11. The largest absolute Gasteiger partial charge is 0.465 e. The Morgan fingerprint density at radius 3 is 2.85 bits per heavy atom. The fraction of sp³-hybridized carbons (Fsp3) is 0.474. The van der Waals surface area contributed by atoms with Gasteiger partial charge in [-0.2, -0.15) is 11.3 Å². The Morgan fingerprint density at radius 2 is 2.19 bits per heavy atom. The van der Waals surface area contributed by atoms with Crippen molar-refractivity contribution < 1.29 is 14.0 Å². The number of likely N-dealkylation sites (N-methyl/N-ethyl adjacent to an activating group) is 1. The lowest BCUT2D eigenvalue weighted by Crippen LogP contribution is -2.42. The van der Waals surface area contributed by atoms with Crippen molar-refractivity contribution in [3.05, 3.63) is 46.0 Å². The number of rotatable bonds is 7. The average Bonchev–Trinajstić information content (AvgIpc) is 3.31. The zero-order chi connectivity index (χ0) is 18.5. The second-order valence-electron chi connectivity index (χ2n) is 6.66. The molecular formula is C19H25N3O3S. The molecule has 2 aromatic heterocycles. The molecule has 0 unspecified atom stereocenters. The molecule has 1 saturated heterocycles. The van der Waals surface area contributed by atoms with Crippen molar-refractivity contribution in [2.24, 2.45) is 0 Å². The number of nitrogens with one attached hydrogen (secondary N) is 2. The fourth-order valence-electron chi connectivity index (χ4n) is 3.38. The zero-order valence-corrected chi connectivity index (χ0v) is 16.0. The van der Waals surface area contributed by atoms with Gasteiger partial charge in [-0.05, 0) is 54.8 Å². The summed E-state index contributed by atoms with van der Waals surface area (Å²) in [6.45, 7) is 5.61. The standard InChI is InChI=1S/C19H25N3O3S/c1-3-20-19(24)17-9-15(21-18(23)8-14-6-7-26-12-14)10-22(17)11-16-5-4-13(2)25-16/h4-7,12,15,17H,3,8-11H2,1-2H3,(H,20,24)(H,21,23)/t15-,17-/m0/s1. The summed E-state index contributed by atoms with van der Waals surface area (Å²) in [6.07, 6.45) is 0.990. The van der Waals surface area contributed by atoms with Gasteiger partial charge < -0.3 is 15.1 Å². The van der Waals surface area contributed by atoms with Crippen molar-refractivity contribution in [2.45, 2.75) is 45.3 Å². The Morgan fingerprint density at radius 1 is 1.35 bits per heavy atom. The summed E-state index contributed by atoms with van der Waals surface area (Å²) in [4.78, 5) is 26.8. The first-order valence-corrected chi connectivity index (χ1v) is 9.87. The number of carbonyl (C=O) groups excluding carboxylic acids is 2. The van der Waals surface area contributed by atoms with E-state index in [-0.39, 0.29) is 23.9 Å². The molecule has 2 amide bonds. The van der Waals surface area contributed by atoms with Crippen molar-refractivity contribution >= 4 is 23.2 Å². The SMILES string of the molecule is CCNC(=O)[C@@H]1C[C@H](NC(=O)Cc2ccsc2)CN1Cc1ccc(C)o1. The number of likely N-dealkylation sites (tertiary alicyclic amines) is 1. The second-order valence-corrected chi connectivity index (χ2v) is 7.44. The molecule has 2 aromatic rings. The van der Waals surface area contributed by atoms with Crippen molar-refractivity contribution in [1.82, 2.24) is 15.5 Å². The molecule has 0 aliphatic carbocycles. The molecule has 1 fully saturated rings. The van der Waals surface area contributed by atoms with E-state index in [0.29, 0.717) is 32.5 Å². The van der Waals surface area contributed by atoms with Crippen molar-refractivity contribution in [3.63, 3.8) is 0 Å². The lowest BCUT2D eigenvalue weighted by Gasteiger charge is -2.22. The van der Waals surface area contributed by atoms with Gasteiger partial charge in [-0.25, -0.2) is 0 Å². The van der Waals surface area contributed by atoms with Crippen molar-refractivity contribution in [1.29, 1.82) is 0 Å². The Balaban J connectivity index is 1.62. The number of amides is 2. The smallest absolute Gasteiger partial charge is 0.237 e. The van der Waals surface area contributed by atoms with Crippen LogP contribution < -0.4 is 10.6 Å². The highest BCUT2D eigenvalue weighted by molar-refractivity contribution is 7.08. The number of hydrogen-bond donors (Lipinski definition) is 2. The summed E-state index contributed by atoms with van der Waals surface area (Å²) in [5, 5.41) is 9.93. The van der Waals surface area contributed by atoms with Crippen LogP contribution in [-0.4, -0.2) is 41.9 Å². The molecule has 0 bridgehead atoms. The van der Waals surface area contributed by atoms with Gasteiger partial charge in [-0.3, -0.25) is 14.5 Å². The Hall–Kier alpha value is -2.12. The van der Waals surface area contributed by atoms with E-state index in [1.165, 1.54) is 0 Å². The van der Waals surface area contributed by atoms with Crippen LogP contribution in [0.2, 0.25) is 0 Å². The van der Waals surface area contributed by atoms with Gasteiger partial charge in [0, 0.05) is 19.1 Å². The third kappa shape index (κ3) is 4.74. The molecule has 3 rings (SSSR count). The van der Waals surface area contributed by atoms with Crippen LogP contribution in [0, 0.1) is 6.92 Å². The summed E-state index contributed by atoms with van der Waals surface area (Å²) in [5.41, 5.74) is 1.02. The van der Waals surface area contributed by atoms with E-state index >= 15 is 0 Å². The van der Waals surface area contributed by atoms with E-state index in [0.717, 1.165) is 17.1 Å². The van der Waals surface area contributed by atoms with Crippen LogP contribution >= 0.6 is 11.3 Å². The van der Waals surface area contributed by atoms with Gasteiger partial charge in [0.15, 0.2) is 0 Å². The van der Waals surface area contributed by atoms with Crippen LogP contribution in [0.1, 0.15) is 30.4 Å². The van der Waals surface area contributed by atoms with E-state index in [9.17, 15) is 9.59 Å². The maximum absolute atomic E-state index is 12.4. The van der Waals surface area contributed by atoms with E-state index in [4.69, 9.17) is 4.42 Å². The number of hydrogen-bond acceptors (Lipinski definition) is 5. The minimum Gasteiger partial charge on any atom is -0.465 e. The molecular weight excluding hydrogens is 350 g/mol. The number of nitrogens with zero attached hydrogens (tertiary/aromatic N) is 1. The highest BCUT2D eigenvalue weighted by atomic mass is 32.1.